The Balaban J connectivity index is 0.00000182. The molecule has 2 aromatic heterocycles. The molecule has 1 fully saturated rings. The second-order valence-electron chi connectivity index (χ2n) is 6.22. The van der Waals surface area contributed by atoms with Crippen molar-refractivity contribution >= 4 is 45.7 Å². The van der Waals surface area contributed by atoms with Crippen LogP contribution in [0.3, 0.4) is 0 Å². The molecule has 1 unspecified atom stereocenters. The van der Waals surface area contributed by atoms with Gasteiger partial charge in [0, 0.05) is 19.6 Å². The second-order valence-corrected chi connectivity index (χ2v) is 7.12. The Kier molecular flexibility index (Phi) is 5.88. The van der Waals surface area contributed by atoms with Gasteiger partial charge in [-0.1, -0.05) is 11.6 Å². The van der Waals surface area contributed by atoms with Gasteiger partial charge in [0.05, 0.1) is 5.39 Å². The van der Waals surface area contributed by atoms with Gasteiger partial charge in [0.15, 0.2) is 0 Å². The summed E-state index contributed by atoms with van der Waals surface area (Å²) in [5.41, 5.74) is 1.31. The molecule has 2 N–H and O–H groups in total. The van der Waals surface area contributed by atoms with Crippen molar-refractivity contribution in [3.63, 3.8) is 0 Å². The Morgan fingerprint density at radius 3 is 3.20 bits per heavy atom. The molecule has 4 rings (SSSR count). The predicted molar refractivity (Wildman–Crippen MR) is 104 cm³/mol. The molecule has 0 aromatic carbocycles. The fourth-order valence-electron chi connectivity index (χ4n) is 3.45. The third kappa shape index (κ3) is 3.78. The van der Waals surface area contributed by atoms with Gasteiger partial charge in [0.2, 0.25) is 5.91 Å². The predicted octanol–water partition coefficient (Wildman–Crippen LogP) is 2.12. The lowest BCUT2D eigenvalue weighted by molar-refractivity contribution is -0.122. The molecule has 1 saturated heterocycles. The van der Waals surface area contributed by atoms with Gasteiger partial charge in [-0.2, -0.15) is 0 Å². The van der Waals surface area contributed by atoms with Gasteiger partial charge in [-0.15, -0.1) is 23.7 Å². The number of carbonyl (C=O) groups excluding carboxylic acids is 1. The van der Waals surface area contributed by atoms with Gasteiger partial charge in [-0.3, -0.25) is 4.79 Å². The van der Waals surface area contributed by atoms with Crippen molar-refractivity contribution in [3.05, 3.63) is 29.4 Å². The summed E-state index contributed by atoms with van der Waals surface area (Å²) in [4.78, 5) is 24.6. The van der Waals surface area contributed by atoms with Gasteiger partial charge < -0.3 is 15.5 Å². The van der Waals surface area contributed by atoms with E-state index in [9.17, 15) is 4.79 Å². The maximum absolute atomic E-state index is 12.7. The molecule has 2 aliphatic heterocycles. The van der Waals surface area contributed by atoms with Gasteiger partial charge in [0.1, 0.15) is 23.0 Å². The highest BCUT2D eigenvalue weighted by atomic mass is 35.5. The number of thiophene rings is 1. The maximum atomic E-state index is 12.7. The first kappa shape index (κ1) is 18.1. The lowest BCUT2D eigenvalue weighted by Gasteiger charge is -2.25. The largest absolute Gasteiger partial charge is 0.351 e. The summed E-state index contributed by atoms with van der Waals surface area (Å²) in [5.74, 6) is 0.994. The van der Waals surface area contributed by atoms with Crippen LogP contribution >= 0.6 is 23.7 Å². The average Bonchev–Trinajstić information content (AvgIpc) is 3.29. The molecule has 1 amide bonds. The van der Waals surface area contributed by atoms with Crippen LogP contribution in [0.2, 0.25) is 0 Å². The number of aromatic nitrogens is 2. The zero-order valence-electron chi connectivity index (χ0n) is 13.9. The molecule has 0 saturated carbocycles. The van der Waals surface area contributed by atoms with E-state index in [0.29, 0.717) is 6.54 Å². The van der Waals surface area contributed by atoms with Crippen molar-refractivity contribution in [2.24, 2.45) is 0 Å². The van der Waals surface area contributed by atoms with Gasteiger partial charge >= 0.3 is 0 Å². The number of fused-ring (bicyclic) bond motifs is 1. The zero-order chi connectivity index (χ0) is 16.4. The summed E-state index contributed by atoms with van der Waals surface area (Å²) in [6.07, 6.45) is 6.68. The van der Waals surface area contributed by atoms with E-state index >= 15 is 0 Å². The van der Waals surface area contributed by atoms with E-state index in [2.05, 4.69) is 31.6 Å². The highest BCUT2D eigenvalue weighted by molar-refractivity contribution is 7.16. The highest BCUT2D eigenvalue weighted by Gasteiger charge is 2.32. The van der Waals surface area contributed by atoms with E-state index in [1.807, 2.05) is 11.4 Å². The average molecular weight is 380 g/mol. The number of nitrogens with one attached hydrogen (secondary N) is 2. The number of halogens is 1. The van der Waals surface area contributed by atoms with Crippen LogP contribution in [0.5, 0.6) is 0 Å². The van der Waals surface area contributed by atoms with Crippen LogP contribution in [0.4, 0.5) is 5.82 Å². The minimum atomic E-state index is -0.134. The minimum Gasteiger partial charge on any atom is -0.351 e. The van der Waals surface area contributed by atoms with Crippen molar-refractivity contribution in [1.82, 2.24) is 20.6 Å². The van der Waals surface area contributed by atoms with E-state index < -0.39 is 0 Å². The molecule has 0 bridgehead atoms. The van der Waals surface area contributed by atoms with Gasteiger partial charge in [-0.05, 0) is 37.3 Å². The van der Waals surface area contributed by atoms with E-state index in [4.69, 9.17) is 0 Å². The molecular formula is C17H22ClN5OS. The molecule has 25 heavy (non-hydrogen) atoms. The smallest absolute Gasteiger partial charge is 0.243 e. The molecule has 2 aliphatic rings. The second kappa shape index (κ2) is 8.12. The maximum Gasteiger partial charge on any atom is 0.243 e. The summed E-state index contributed by atoms with van der Waals surface area (Å²) in [6.45, 7) is 3.42. The SMILES string of the molecule is Cl.O=C(NCC1=CCNCC1)C1CCCN1c1ncnc2sccc12. The molecule has 2 aromatic rings. The quantitative estimate of drug-likeness (QED) is 0.796. The Bertz CT molecular complexity index is 777. The first-order chi connectivity index (χ1) is 11.8. The number of carbonyl (C=O) groups is 1. The topological polar surface area (TPSA) is 70.2 Å². The first-order valence-electron chi connectivity index (χ1n) is 8.44. The number of amides is 1. The van der Waals surface area contributed by atoms with Gasteiger partial charge in [0.25, 0.3) is 0 Å². The molecule has 1 atom stereocenters. The van der Waals surface area contributed by atoms with Crippen molar-refractivity contribution in [2.45, 2.75) is 25.3 Å². The summed E-state index contributed by atoms with van der Waals surface area (Å²) in [6, 6.07) is 1.91. The van der Waals surface area contributed by atoms with Crippen molar-refractivity contribution in [3.8, 4) is 0 Å². The number of nitrogens with zero attached hydrogens (tertiary/aromatic N) is 3. The number of anilines is 1. The molecule has 8 heteroatoms. The number of hydrogen-bond acceptors (Lipinski definition) is 6. The minimum absolute atomic E-state index is 0. The van der Waals surface area contributed by atoms with E-state index in [1.165, 1.54) is 5.57 Å². The van der Waals surface area contributed by atoms with Crippen LogP contribution in [-0.2, 0) is 4.79 Å². The molecule has 6 nitrogen and oxygen atoms in total. The van der Waals surface area contributed by atoms with Crippen LogP contribution in [0.25, 0.3) is 10.2 Å². The Morgan fingerprint density at radius 2 is 2.36 bits per heavy atom. The van der Waals surface area contributed by atoms with Crippen LogP contribution in [-0.4, -0.2) is 48.1 Å². The van der Waals surface area contributed by atoms with Crippen molar-refractivity contribution in [2.75, 3.05) is 31.1 Å². The lowest BCUT2D eigenvalue weighted by atomic mass is 10.1. The standard InChI is InChI=1S/C17H21N5OS.ClH/c23-16(19-10-12-3-6-18-7-4-12)14-2-1-8-22(14)15-13-5-9-24-17(13)21-11-20-15;/h3,5,9,11,14,18H,1-2,4,6-8,10H2,(H,19,23);1H. The number of hydrogen-bond donors (Lipinski definition) is 2. The fraction of sp³-hybridized carbons (Fsp3) is 0.471. The molecule has 0 spiro atoms. The van der Waals surface area contributed by atoms with Crippen molar-refractivity contribution in [1.29, 1.82) is 0 Å². The van der Waals surface area contributed by atoms with Crippen LogP contribution < -0.4 is 15.5 Å². The molecule has 0 aliphatic carbocycles. The zero-order valence-corrected chi connectivity index (χ0v) is 15.5. The lowest BCUT2D eigenvalue weighted by Crippen LogP contribution is -2.44. The molecule has 4 heterocycles. The van der Waals surface area contributed by atoms with E-state index in [1.54, 1.807) is 17.7 Å². The summed E-state index contributed by atoms with van der Waals surface area (Å²) < 4.78 is 0. The monoisotopic (exact) mass is 379 g/mol. The molecular weight excluding hydrogens is 358 g/mol. The third-order valence-electron chi connectivity index (χ3n) is 4.72. The highest BCUT2D eigenvalue weighted by Crippen LogP contribution is 2.31. The first-order valence-corrected chi connectivity index (χ1v) is 9.32. The van der Waals surface area contributed by atoms with Crippen LogP contribution in [0, 0.1) is 0 Å². The van der Waals surface area contributed by atoms with Crippen molar-refractivity contribution < 1.29 is 4.79 Å². The summed E-state index contributed by atoms with van der Waals surface area (Å²) in [7, 11) is 0. The fourth-order valence-corrected chi connectivity index (χ4v) is 4.17. The Labute approximate surface area is 157 Å². The van der Waals surface area contributed by atoms with Crippen LogP contribution in [0.15, 0.2) is 29.4 Å². The van der Waals surface area contributed by atoms with Gasteiger partial charge in [-0.25, -0.2) is 9.97 Å². The molecule has 0 radical (unpaired) electrons. The Morgan fingerprint density at radius 1 is 1.44 bits per heavy atom. The third-order valence-corrected chi connectivity index (χ3v) is 5.54. The summed E-state index contributed by atoms with van der Waals surface area (Å²) >= 11 is 1.61. The van der Waals surface area contributed by atoms with Crippen LogP contribution in [0.1, 0.15) is 19.3 Å². The number of rotatable bonds is 4. The van der Waals surface area contributed by atoms with E-state index in [0.717, 1.165) is 54.9 Å². The van der Waals surface area contributed by atoms with E-state index in [-0.39, 0.29) is 24.4 Å². The summed E-state index contributed by atoms with van der Waals surface area (Å²) in [5, 5.41) is 9.48. The normalized spacial score (nSPS) is 20.2. The molecule has 134 valence electrons. The Hall–Kier alpha value is -1.70.